The summed E-state index contributed by atoms with van der Waals surface area (Å²) in [7, 11) is 0. The van der Waals surface area contributed by atoms with Crippen LogP contribution in [0.3, 0.4) is 0 Å². The quantitative estimate of drug-likeness (QED) is 0.871. The molecule has 0 heterocycles. The van der Waals surface area contributed by atoms with E-state index in [1.807, 2.05) is 19.1 Å². The zero-order chi connectivity index (χ0) is 12.4. The molecule has 1 fully saturated rings. The van der Waals surface area contributed by atoms with Crippen molar-refractivity contribution in [1.29, 1.82) is 0 Å². The number of aliphatic hydroxyl groups is 1. The maximum Gasteiger partial charge on any atom is 0.130 e. The van der Waals surface area contributed by atoms with E-state index in [0.29, 0.717) is 13.0 Å². The van der Waals surface area contributed by atoms with E-state index in [1.54, 1.807) is 0 Å². The number of rotatable bonds is 4. The minimum Gasteiger partial charge on any atom is -0.487 e. The first kappa shape index (κ1) is 12.4. The average Bonchev–Trinajstić information content (AvgIpc) is 2.31. The van der Waals surface area contributed by atoms with Crippen molar-refractivity contribution in [1.82, 2.24) is 0 Å². The largest absolute Gasteiger partial charge is 0.487 e. The van der Waals surface area contributed by atoms with Crippen LogP contribution in [0.5, 0.6) is 5.75 Å². The van der Waals surface area contributed by atoms with Crippen molar-refractivity contribution in [2.75, 3.05) is 6.61 Å². The summed E-state index contributed by atoms with van der Waals surface area (Å²) in [4.78, 5) is 0. The number of benzene rings is 1. The minimum atomic E-state index is -0.384. The molecule has 1 aromatic rings. The van der Waals surface area contributed by atoms with Crippen molar-refractivity contribution in [3.8, 4) is 5.75 Å². The lowest BCUT2D eigenvalue weighted by molar-refractivity contribution is -0.160. The number of hydrogen-bond acceptors (Lipinski definition) is 3. The smallest absolute Gasteiger partial charge is 0.130 e. The van der Waals surface area contributed by atoms with Gasteiger partial charge in [-0.25, -0.2) is 0 Å². The summed E-state index contributed by atoms with van der Waals surface area (Å²) in [6, 6.07) is 6.02. The highest BCUT2D eigenvalue weighted by Crippen LogP contribution is 2.31. The van der Waals surface area contributed by atoms with Gasteiger partial charge in [0.05, 0.1) is 6.10 Å². The predicted octanol–water partition coefficient (Wildman–Crippen LogP) is 2.22. The highest BCUT2D eigenvalue weighted by Gasteiger charge is 2.42. The molecule has 0 aliphatic heterocycles. The Kier molecular flexibility index (Phi) is 3.69. The van der Waals surface area contributed by atoms with Crippen LogP contribution in [0.4, 0.5) is 0 Å². The monoisotopic (exact) mass is 236 g/mol. The van der Waals surface area contributed by atoms with Gasteiger partial charge in [-0.15, -0.1) is 0 Å². The van der Waals surface area contributed by atoms with E-state index in [1.165, 1.54) is 5.56 Å². The molecule has 3 unspecified atom stereocenters. The summed E-state index contributed by atoms with van der Waals surface area (Å²) in [5, 5.41) is 9.61. The van der Waals surface area contributed by atoms with E-state index in [4.69, 9.17) is 9.47 Å². The first-order chi connectivity index (χ1) is 8.13. The summed E-state index contributed by atoms with van der Waals surface area (Å²) < 4.78 is 11.4. The molecule has 1 aliphatic carbocycles. The van der Waals surface area contributed by atoms with Crippen LogP contribution in [0.25, 0.3) is 0 Å². The first-order valence-electron chi connectivity index (χ1n) is 6.16. The average molecular weight is 236 g/mol. The standard InChI is InChI=1S/C14H20O3/c1-4-16-14-11(15)8-13(14)17-12-7-5-6-9(2)10(12)3/h5-7,11,13-15H,4,8H2,1-3H3. The Hall–Kier alpha value is -1.06. The van der Waals surface area contributed by atoms with E-state index in [-0.39, 0.29) is 18.3 Å². The highest BCUT2D eigenvalue weighted by molar-refractivity contribution is 5.38. The highest BCUT2D eigenvalue weighted by atomic mass is 16.6. The Morgan fingerprint density at radius 2 is 2.12 bits per heavy atom. The van der Waals surface area contributed by atoms with Crippen LogP contribution in [-0.4, -0.2) is 30.0 Å². The number of aryl methyl sites for hydroxylation is 1. The van der Waals surface area contributed by atoms with Crippen molar-refractivity contribution in [2.24, 2.45) is 0 Å². The van der Waals surface area contributed by atoms with Crippen molar-refractivity contribution >= 4 is 0 Å². The van der Waals surface area contributed by atoms with Gasteiger partial charge in [-0.1, -0.05) is 12.1 Å². The van der Waals surface area contributed by atoms with Crippen LogP contribution < -0.4 is 4.74 Å². The second-order valence-corrected chi connectivity index (χ2v) is 4.58. The molecule has 2 rings (SSSR count). The topological polar surface area (TPSA) is 38.7 Å². The van der Waals surface area contributed by atoms with Gasteiger partial charge < -0.3 is 14.6 Å². The second kappa shape index (κ2) is 5.07. The molecule has 0 amide bonds. The lowest BCUT2D eigenvalue weighted by atomic mass is 9.88. The molecule has 3 heteroatoms. The van der Waals surface area contributed by atoms with Crippen molar-refractivity contribution in [3.63, 3.8) is 0 Å². The van der Waals surface area contributed by atoms with E-state index in [2.05, 4.69) is 19.9 Å². The van der Waals surface area contributed by atoms with E-state index >= 15 is 0 Å². The maximum atomic E-state index is 9.61. The van der Waals surface area contributed by atoms with Gasteiger partial charge in [-0.2, -0.15) is 0 Å². The summed E-state index contributed by atoms with van der Waals surface area (Å²) >= 11 is 0. The summed E-state index contributed by atoms with van der Waals surface area (Å²) in [6.45, 7) is 6.65. The fourth-order valence-corrected chi connectivity index (χ4v) is 2.10. The van der Waals surface area contributed by atoms with Crippen molar-refractivity contribution < 1.29 is 14.6 Å². The molecule has 0 spiro atoms. The molecule has 3 atom stereocenters. The third-order valence-electron chi connectivity index (χ3n) is 3.41. The Bertz CT molecular complexity index is 389. The maximum absolute atomic E-state index is 9.61. The van der Waals surface area contributed by atoms with E-state index in [9.17, 15) is 5.11 Å². The second-order valence-electron chi connectivity index (χ2n) is 4.58. The Labute approximate surface area is 102 Å². The molecule has 3 nitrogen and oxygen atoms in total. The lowest BCUT2D eigenvalue weighted by Gasteiger charge is -2.40. The van der Waals surface area contributed by atoms with Gasteiger partial charge in [0.25, 0.3) is 0 Å². The van der Waals surface area contributed by atoms with Crippen LogP contribution >= 0.6 is 0 Å². The Morgan fingerprint density at radius 3 is 2.76 bits per heavy atom. The van der Waals surface area contributed by atoms with Crippen molar-refractivity contribution in [3.05, 3.63) is 29.3 Å². The molecule has 0 bridgehead atoms. The van der Waals surface area contributed by atoms with Crippen LogP contribution in [0, 0.1) is 13.8 Å². The minimum absolute atomic E-state index is 0.0227. The molecule has 0 aromatic heterocycles. The zero-order valence-corrected chi connectivity index (χ0v) is 10.6. The van der Waals surface area contributed by atoms with Gasteiger partial charge in [-0.05, 0) is 38.0 Å². The van der Waals surface area contributed by atoms with Gasteiger partial charge in [0.15, 0.2) is 0 Å². The molecule has 0 radical (unpaired) electrons. The van der Waals surface area contributed by atoms with Gasteiger partial charge >= 0.3 is 0 Å². The van der Waals surface area contributed by atoms with E-state index < -0.39 is 0 Å². The van der Waals surface area contributed by atoms with Crippen LogP contribution in [-0.2, 0) is 4.74 Å². The lowest BCUT2D eigenvalue weighted by Crippen LogP contribution is -2.55. The van der Waals surface area contributed by atoms with Crippen LogP contribution in [0.15, 0.2) is 18.2 Å². The number of ether oxygens (including phenoxy) is 2. The van der Waals surface area contributed by atoms with Crippen molar-refractivity contribution in [2.45, 2.75) is 45.5 Å². The van der Waals surface area contributed by atoms with Crippen LogP contribution in [0.2, 0.25) is 0 Å². The Balaban J connectivity index is 2.04. The summed E-state index contributed by atoms with van der Waals surface area (Å²) in [5.41, 5.74) is 2.37. The molecular formula is C14H20O3. The van der Waals surface area contributed by atoms with Gasteiger partial charge in [0.1, 0.15) is 18.0 Å². The zero-order valence-electron chi connectivity index (χ0n) is 10.6. The first-order valence-corrected chi connectivity index (χ1v) is 6.16. The molecule has 1 N–H and O–H groups in total. The summed E-state index contributed by atoms with van der Waals surface area (Å²) in [5.74, 6) is 0.895. The molecule has 94 valence electrons. The fraction of sp³-hybridized carbons (Fsp3) is 0.571. The van der Waals surface area contributed by atoms with Gasteiger partial charge in [0.2, 0.25) is 0 Å². The summed E-state index contributed by atoms with van der Waals surface area (Å²) in [6.07, 6.45) is 0.0633. The molecule has 1 aromatic carbocycles. The van der Waals surface area contributed by atoms with E-state index in [0.717, 1.165) is 11.3 Å². The van der Waals surface area contributed by atoms with Gasteiger partial charge in [-0.3, -0.25) is 0 Å². The number of aliphatic hydroxyl groups excluding tert-OH is 1. The normalized spacial score (nSPS) is 27.6. The molecule has 0 saturated heterocycles. The molecule has 1 saturated carbocycles. The SMILES string of the molecule is CCOC1C(O)CC1Oc1cccc(C)c1C. The fourth-order valence-electron chi connectivity index (χ4n) is 2.10. The Morgan fingerprint density at radius 1 is 1.35 bits per heavy atom. The van der Waals surface area contributed by atoms with Crippen LogP contribution in [0.1, 0.15) is 24.5 Å². The third-order valence-corrected chi connectivity index (χ3v) is 3.41. The molecular weight excluding hydrogens is 216 g/mol. The molecule has 1 aliphatic rings. The number of hydrogen-bond donors (Lipinski definition) is 1. The predicted molar refractivity (Wildman–Crippen MR) is 66.4 cm³/mol. The molecule has 17 heavy (non-hydrogen) atoms. The van der Waals surface area contributed by atoms with Gasteiger partial charge in [0, 0.05) is 13.0 Å². The third kappa shape index (κ3) is 2.45.